The highest BCUT2D eigenvalue weighted by Crippen LogP contribution is 2.21. The zero-order valence-electron chi connectivity index (χ0n) is 13.7. The van der Waals surface area contributed by atoms with E-state index in [1.165, 1.54) is 5.56 Å². The van der Waals surface area contributed by atoms with Gasteiger partial charge in [-0.2, -0.15) is 0 Å². The number of ether oxygens (including phenoxy) is 1. The van der Waals surface area contributed by atoms with Crippen LogP contribution < -0.4 is 10.6 Å². The van der Waals surface area contributed by atoms with E-state index in [1.807, 2.05) is 0 Å². The molecule has 5 heteroatoms. The fraction of sp³-hybridized carbons (Fsp3) is 0.750. The second-order valence-electron chi connectivity index (χ2n) is 5.12. The molecule has 120 valence electrons. The first kappa shape index (κ1) is 17.7. The number of hydrogen-bond donors (Lipinski definition) is 2. The lowest BCUT2D eigenvalue weighted by atomic mass is 10.1. The van der Waals surface area contributed by atoms with E-state index in [0.717, 1.165) is 70.0 Å². The maximum absolute atomic E-state index is 5.49. The zero-order chi connectivity index (χ0) is 15.3. The van der Waals surface area contributed by atoms with Crippen molar-refractivity contribution in [2.75, 3.05) is 36.9 Å². The van der Waals surface area contributed by atoms with Gasteiger partial charge in [-0.25, -0.2) is 9.97 Å². The van der Waals surface area contributed by atoms with Crippen LogP contribution in [-0.4, -0.2) is 36.3 Å². The lowest BCUT2D eigenvalue weighted by Gasteiger charge is -2.15. The summed E-state index contributed by atoms with van der Waals surface area (Å²) in [5.41, 5.74) is 1.20. The Morgan fingerprint density at radius 3 is 2.24 bits per heavy atom. The van der Waals surface area contributed by atoms with E-state index >= 15 is 0 Å². The average molecular weight is 294 g/mol. The molecule has 1 heterocycles. The minimum atomic E-state index is 0.802. The Morgan fingerprint density at radius 1 is 0.905 bits per heavy atom. The molecule has 0 aliphatic carbocycles. The molecule has 0 aliphatic heterocycles. The van der Waals surface area contributed by atoms with Gasteiger partial charge in [-0.15, -0.1) is 0 Å². The lowest BCUT2D eigenvalue weighted by Crippen LogP contribution is -2.12. The van der Waals surface area contributed by atoms with Crippen LogP contribution in [0.3, 0.4) is 0 Å². The second-order valence-corrected chi connectivity index (χ2v) is 5.12. The predicted octanol–water partition coefficient (Wildman–Crippen LogP) is 3.48. The van der Waals surface area contributed by atoms with Gasteiger partial charge < -0.3 is 15.4 Å². The lowest BCUT2D eigenvalue weighted by molar-refractivity contribution is 0.134. The molecule has 0 atom stereocenters. The fourth-order valence-corrected chi connectivity index (χ4v) is 2.07. The molecule has 0 fully saturated rings. The van der Waals surface area contributed by atoms with Gasteiger partial charge in [0.15, 0.2) is 0 Å². The molecule has 21 heavy (non-hydrogen) atoms. The van der Waals surface area contributed by atoms with Gasteiger partial charge in [-0.05, 0) is 25.7 Å². The Balaban J connectivity index is 2.54. The van der Waals surface area contributed by atoms with Gasteiger partial charge in [0.2, 0.25) is 0 Å². The third kappa shape index (κ3) is 6.76. The van der Waals surface area contributed by atoms with E-state index in [-0.39, 0.29) is 0 Å². The van der Waals surface area contributed by atoms with Gasteiger partial charge in [0.25, 0.3) is 0 Å². The van der Waals surface area contributed by atoms with Crippen LogP contribution in [0.1, 0.15) is 52.0 Å². The molecular weight excluding hydrogens is 264 g/mol. The van der Waals surface area contributed by atoms with E-state index in [2.05, 4.69) is 41.4 Å². The normalized spacial score (nSPS) is 10.6. The van der Waals surface area contributed by atoms with Crippen LogP contribution in [-0.2, 0) is 11.2 Å². The van der Waals surface area contributed by atoms with Crippen LogP contribution in [0.4, 0.5) is 11.6 Å². The Kier molecular flexibility index (Phi) is 9.53. The van der Waals surface area contributed by atoms with Crippen molar-refractivity contribution in [3.63, 3.8) is 0 Å². The molecule has 0 amide bonds. The number of hydrogen-bond acceptors (Lipinski definition) is 5. The summed E-state index contributed by atoms with van der Waals surface area (Å²) in [4.78, 5) is 8.77. The highest BCUT2D eigenvalue weighted by atomic mass is 16.5. The molecule has 1 rings (SSSR count). The van der Waals surface area contributed by atoms with Crippen molar-refractivity contribution in [1.82, 2.24) is 9.97 Å². The third-order valence-electron chi connectivity index (χ3n) is 3.09. The highest BCUT2D eigenvalue weighted by Gasteiger charge is 2.09. The predicted molar refractivity (Wildman–Crippen MR) is 89.0 cm³/mol. The van der Waals surface area contributed by atoms with Crippen molar-refractivity contribution in [2.24, 2.45) is 0 Å². The SMILES string of the molecule is CCCNc1ncnc(NCCCOCCC)c1CCC. The fourth-order valence-electron chi connectivity index (χ4n) is 2.07. The monoisotopic (exact) mass is 294 g/mol. The maximum atomic E-state index is 5.49. The van der Waals surface area contributed by atoms with Crippen LogP contribution in [0.15, 0.2) is 6.33 Å². The molecule has 0 aliphatic rings. The van der Waals surface area contributed by atoms with Gasteiger partial charge >= 0.3 is 0 Å². The van der Waals surface area contributed by atoms with Gasteiger partial charge in [-0.3, -0.25) is 0 Å². The summed E-state index contributed by atoms with van der Waals surface area (Å²) in [6.07, 6.45) is 6.87. The van der Waals surface area contributed by atoms with Crippen LogP contribution >= 0.6 is 0 Å². The molecule has 2 N–H and O–H groups in total. The summed E-state index contributed by atoms with van der Waals surface area (Å²) >= 11 is 0. The van der Waals surface area contributed by atoms with Gasteiger partial charge in [0.1, 0.15) is 18.0 Å². The molecule has 0 saturated carbocycles. The second kappa shape index (κ2) is 11.3. The average Bonchev–Trinajstić information content (AvgIpc) is 2.50. The third-order valence-corrected chi connectivity index (χ3v) is 3.09. The summed E-state index contributed by atoms with van der Waals surface area (Å²) in [6, 6.07) is 0. The van der Waals surface area contributed by atoms with Crippen molar-refractivity contribution >= 4 is 11.6 Å². The van der Waals surface area contributed by atoms with E-state index in [9.17, 15) is 0 Å². The number of anilines is 2. The number of nitrogens with zero attached hydrogens (tertiary/aromatic N) is 2. The van der Waals surface area contributed by atoms with Gasteiger partial charge in [0.05, 0.1) is 0 Å². The minimum Gasteiger partial charge on any atom is -0.381 e. The maximum Gasteiger partial charge on any atom is 0.134 e. The van der Waals surface area contributed by atoms with E-state index in [4.69, 9.17) is 4.74 Å². The molecule has 0 spiro atoms. The van der Waals surface area contributed by atoms with Crippen molar-refractivity contribution in [2.45, 2.75) is 52.9 Å². The van der Waals surface area contributed by atoms with Gasteiger partial charge in [0, 0.05) is 31.9 Å². The first-order valence-corrected chi connectivity index (χ1v) is 8.22. The highest BCUT2D eigenvalue weighted by molar-refractivity contribution is 5.57. The summed E-state index contributed by atoms with van der Waals surface area (Å²) in [6.45, 7) is 9.93. The Morgan fingerprint density at radius 2 is 1.62 bits per heavy atom. The molecule has 5 nitrogen and oxygen atoms in total. The van der Waals surface area contributed by atoms with Crippen molar-refractivity contribution in [3.05, 3.63) is 11.9 Å². The number of rotatable bonds is 12. The van der Waals surface area contributed by atoms with Crippen LogP contribution in [0.5, 0.6) is 0 Å². The molecule has 1 aromatic rings. The topological polar surface area (TPSA) is 59.1 Å². The molecule has 0 aromatic carbocycles. The molecule has 1 aromatic heterocycles. The molecular formula is C16H30N4O. The van der Waals surface area contributed by atoms with Crippen LogP contribution in [0, 0.1) is 0 Å². The van der Waals surface area contributed by atoms with Gasteiger partial charge in [-0.1, -0.05) is 27.2 Å². The van der Waals surface area contributed by atoms with Crippen molar-refractivity contribution in [3.8, 4) is 0 Å². The summed E-state index contributed by atoms with van der Waals surface area (Å²) < 4.78 is 5.49. The van der Waals surface area contributed by atoms with Crippen molar-refractivity contribution < 1.29 is 4.74 Å². The summed E-state index contributed by atoms with van der Waals surface area (Å²) in [7, 11) is 0. The Hall–Kier alpha value is -1.36. The summed E-state index contributed by atoms with van der Waals surface area (Å²) in [5.74, 6) is 1.93. The molecule has 0 unspecified atom stereocenters. The zero-order valence-corrected chi connectivity index (χ0v) is 13.7. The Labute approximate surface area is 128 Å². The number of nitrogens with one attached hydrogen (secondary N) is 2. The minimum absolute atomic E-state index is 0.802. The van der Waals surface area contributed by atoms with Crippen molar-refractivity contribution in [1.29, 1.82) is 0 Å². The standard InChI is InChI=1S/C16H30N4O/c1-4-8-14-15(17-9-5-2)19-13-20-16(14)18-10-7-12-21-11-6-3/h13H,4-12H2,1-3H3,(H2,17,18,19,20). The summed E-state index contributed by atoms with van der Waals surface area (Å²) in [5, 5.41) is 6.81. The Bertz CT molecular complexity index is 385. The first-order chi connectivity index (χ1) is 10.3. The van der Waals surface area contributed by atoms with Crippen LogP contribution in [0.2, 0.25) is 0 Å². The molecule has 0 radical (unpaired) electrons. The smallest absolute Gasteiger partial charge is 0.134 e. The molecule has 0 bridgehead atoms. The molecule has 0 saturated heterocycles. The van der Waals surface area contributed by atoms with E-state index in [1.54, 1.807) is 6.33 Å². The quantitative estimate of drug-likeness (QED) is 0.578. The van der Waals surface area contributed by atoms with E-state index in [0.29, 0.717) is 0 Å². The van der Waals surface area contributed by atoms with E-state index < -0.39 is 0 Å². The van der Waals surface area contributed by atoms with Crippen LogP contribution in [0.25, 0.3) is 0 Å². The first-order valence-electron chi connectivity index (χ1n) is 8.22. The largest absolute Gasteiger partial charge is 0.381 e. The number of aromatic nitrogens is 2.